The minimum absolute atomic E-state index is 0.0224. The Balaban J connectivity index is 1.42. The van der Waals surface area contributed by atoms with E-state index in [1.54, 1.807) is 0 Å². The second-order valence-corrected chi connectivity index (χ2v) is 13.0. The molecule has 236 valence electrons. The maximum Gasteiger partial charge on any atom is 0.360 e. The summed E-state index contributed by atoms with van der Waals surface area (Å²) < 4.78 is 18.4. The zero-order valence-electron chi connectivity index (χ0n) is 26.8. The van der Waals surface area contributed by atoms with Gasteiger partial charge < -0.3 is 24.5 Å². The number of carbonyl (C=O) groups excluding carboxylic acids is 3. The summed E-state index contributed by atoms with van der Waals surface area (Å²) in [6.07, 6.45) is -0.278. The molecule has 3 aromatic carbocycles. The van der Waals surface area contributed by atoms with Crippen LogP contribution in [0.15, 0.2) is 59.0 Å². The van der Waals surface area contributed by atoms with Crippen LogP contribution >= 0.6 is 0 Å². The first-order valence-corrected chi connectivity index (χ1v) is 15.7. The molecule has 46 heavy (non-hydrogen) atoms. The van der Waals surface area contributed by atoms with Crippen LogP contribution in [0.25, 0.3) is 0 Å². The summed E-state index contributed by atoms with van der Waals surface area (Å²) in [6.45, 7) is 9.92. The van der Waals surface area contributed by atoms with Crippen molar-refractivity contribution < 1.29 is 28.3 Å². The number of carbonyl (C=O) groups is 3. The van der Waals surface area contributed by atoms with E-state index in [2.05, 4.69) is 10.6 Å². The topological polar surface area (TPSA) is 120 Å². The summed E-state index contributed by atoms with van der Waals surface area (Å²) in [5.41, 5.74) is 6.16. The lowest BCUT2D eigenvalue weighted by atomic mass is 9.72. The van der Waals surface area contributed by atoms with E-state index in [0.29, 0.717) is 23.5 Å². The van der Waals surface area contributed by atoms with Crippen molar-refractivity contribution in [1.82, 2.24) is 10.3 Å². The van der Waals surface area contributed by atoms with E-state index in [0.717, 1.165) is 39.1 Å². The largest absolute Gasteiger partial charge is 0.469 e. The van der Waals surface area contributed by atoms with Crippen LogP contribution in [0.3, 0.4) is 0 Å². The third-order valence-electron chi connectivity index (χ3n) is 9.89. The lowest BCUT2D eigenvalue weighted by Gasteiger charge is -2.28. The van der Waals surface area contributed by atoms with Gasteiger partial charge in [-0.2, -0.15) is 0 Å². The Morgan fingerprint density at radius 3 is 2.48 bits per heavy atom. The van der Waals surface area contributed by atoms with Crippen molar-refractivity contribution in [3.05, 3.63) is 111 Å². The number of amides is 1. The average molecular weight is 620 g/mol. The van der Waals surface area contributed by atoms with E-state index in [-0.39, 0.29) is 35.6 Å². The number of nitrogens with one attached hydrogen (secondary N) is 2. The summed E-state index contributed by atoms with van der Waals surface area (Å²) >= 11 is 0. The van der Waals surface area contributed by atoms with Crippen molar-refractivity contribution in [3.63, 3.8) is 0 Å². The second-order valence-electron chi connectivity index (χ2n) is 13.0. The number of oxazole rings is 1. The molecular formula is C37H37N3O6. The van der Waals surface area contributed by atoms with Crippen molar-refractivity contribution in [1.29, 1.82) is 0 Å². The molecule has 2 unspecified atom stereocenters. The zero-order valence-corrected chi connectivity index (χ0v) is 26.8. The number of Topliss-reactive ketones (excluding diaryl/α,β-unsaturated/α-hetero) is 1. The lowest BCUT2D eigenvalue weighted by molar-refractivity contribution is -0.126. The van der Waals surface area contributed by atoms with Gasteiger partial charge in [0.2, 0.25) is 11.8 Å². The van der Waals surface area contributed by atoms with Gasteiger partial charge in [0.15, 0.2) is 23.5 Å². The van der Waals surface area contributed by atoms with Gasteiger partial charge in [0.25, 0.3) is 0 Å². The SMILES string of the molecule is COC(=O)c1nc2oc1C13c4ccccc4N[C@H]1Oc1ccc(cc13)CC(CC(=O)c1cc(C)c(C)c(C)c1)C(=O)N[C@H]2C(C)C. The fourth-order valence-corrected chi connectivity index (χ4v) is 7.19. The summed E-state index contributed by atoms with van der Waals surface area (Å²) in [4.78, 5) is 45.9. The Bertz CT molecular complexity index is 1900. The molecule has 0 aliphatic carbocycles. The van der Waals surface area contributed by atoms with Gasteiger partial charge in [0.1, 0.15) is 17.2 Å². The number of fused-ring (bicyclic) bond motifs is 4. The van der Waals surface area contributed by atoms with Gasteiger partial charge in [-0.05, 0) is 85.2 Å². The number of aryl methyl sites for hydroxylation is 2. The molecule has 4 atom stereocenters. The number of rotatable bonds is 5. The number of aromatic nitrogens is 1. The molecule has 4 aromatic rings. The van der Waals surface area contributed by atoms with Gasteiger partial charge in [-0.15, -0.1) is 0 Å². The minimum atomic E-state index is -1.07. The van der Waals surface area contributed by atoms with Gasteiger partial charge >= 0.3 is 5.97 Å². The molecule has 1 amide bonds. The molecule has 4 bridgehead atoms. The van der Waals surface area contributed by atoms with Gasteiger partial charge in [-0.25, -0.2) is 9.78 Å². The summed E-state index contributed by atoms with van der Waals surface area (Å²) in [7, 11) is 1.31. The molecule has 3 aliphatic heterocycles. The number of methoxy groups -OCH3 is 1. The van der Waals surface area contributed by atoms with Gasteiger partial charge in [0, 0.05) is 29.2 Å². The Morgan fingerprint density at radius 1 is 1.02 bits per heavy atom. The van der Waals surface area contributed by atoms with E-state index in [9.17, 15) is 14.4 Å². The number of hydrogen-bond acceptors (Lipinski definition) is 8. The van der Waals surface area contributed by atoms with Crippen molar-refractivity contribution >= 4 is 23.3 Å². The first-order chi connectivity index (χ1) is 22.0. The van der Waals surface area contributed by atoms with E-state index >= 15 is 0 Å². The van der Waals surface area contributed by atoms with Crippen molar-refractivity contribution in [3.8, 4) is 5.75 Å². The lowest BCUT2D eigenvalue weighted by Crippen LogP contribution is -2.41. The number of nitrogens with zero attached hydrogens (tertiary/aromatic N) is 1. The monoisotopic (exact) mass is 619 g/mol. The first-order valence-electron chi connectivity index (χ1n) is 15.7. The highest BCUT2D eigenvalue weighted by Crippen LogP contribution is 2.58. The fourth-order valence-electron chi connectivity index (χ4n) is 7.19. The molecule has 1 spiro atoms. The molecule has 9 heteroatoms. The number of esters is 1. The molecule has 0 saturated heterocycles. The third kappa shape index (κ3) is 4.43. The Labute approximate surface area is 267 Å². The summed E-state index contributed by atoms with van der Waals surface area (Å²) in [5, 5.41) is 6.63. The highest BCUT2D eigenvalue weighted by atomic mass is 16.5. The molecule has 1 aromatic heterocycles. The summed E-state index contributed by atoms with van der Waals surface area (Å²) in [6, 6.07) is 16.8. The Morgan fingerprint density at radius 2 is 1.76 bits per heavy atom. The van der Waals surface area contributed by atoms with Crippen LogP contribution in [0.1, 0.15) is 92.2 Å². The minimum Gasteiger partial charge on any atom is -0.469 e. The number of anilines is 1. The summed E-state index contributed by atoms with van der Waals surface area (Å²) in [5.74, 6) is -0.747. The molecule has 2 N–H and O–H groups in total. The second kappa shape index (κ2) is 10.9. The standard InChI is InChI=1S/C37H37N3O6/c1-18(2)30-34-40-31(35(43)44-6)32(46-34)37-25-9-7-8-10-27(25)38-36(37)45-29-12-11-22(16-26(29)37)15-24(33(42)39-30)17-28(41)23-13-19(3)21(5)20(4)14-23/h7-14,16,18,24,30,36,38H,15,17H2,1-6H3,(H,39,42)/t24?,30-,36-,37?/m0/s1. The van der Waals surface area contributed by atoms with E-state index in [4.69, 9.17) is 18.9 Å². The van der Waals surface area contributed by atoms with E-state index in [1.807, 2.05) is 89.2 Å². The zero-order chi connectivity index (χ0) is 32.5. The maximum atomic E-state index is 14.1. The van der Waals surface area contributed by atoms with E-state index < -0.39 is 29.6 Å². The van der Waals surface area contributed by atoms with E-state index in [1.165, 1.54) is 7.11 Å². The predicted molar refractivity (Wildman–Crippen MR) is 171 cm³/mol. The van der Waals surface area contributed by atoms with Crippen LogP contribution in [0, 0.1) is 32.6 Å². The Kier molecular flexibility index (Phi) is 7.03. The molecule has 7 rings (SSSR count). The van der Waals surface area contributed by atoms with Crippen LogP contribution in [-0.4, -0.2) is 36.0 Å². The average Bonchev–Trinajstić information content (AvgIpc) is 3.70. The predicted octanol–water partition coefficient (Wildman–Crippen LogP) is 6.12. The highest BCUT2D eigenvalue weighted by Gasteiger charge is 2.61. The van der Waals surface area contributed by atoms with Crippen molar-refractivity contribution in [2.45, 2.75) is 65.1 Å². The molecule has 0 radical (unpaired) electrons. The quantitative estimate of drug-likeness (QED) is 0.203. The van der Waals surface area contributed by atoms with Crippen LogP contribution < -0.4 is 15.4 Å². The van der Waals surface area contributed by atoms with Gasteiger partial charge in [-0.1, -0.05) is 44.2 Å². The van der Waals surface area contributed by atoms with Crippen molar-refractivity contribution in [2.75, 3.05) is 12.4 Å². The van der Waals surface area contributed by atoms with Crippen LogP contribution in [0.2, 0.25) is 0 Å². The fraction of sp³-hybridized carbons (Fsp3) is 0.351. The van der Waals surface area contributed by atoms with Crippen LogP contribution in [0.4, 0.5) is 5.69 Å². The van der Waals surface area contributed by atoms with Gasteiger partial charge in [0.05, 0.1) is 7.11 Å². The maximum absolute atomic E-state index is 14.1. The van der Waals surface area contributed by atoms with Crippen molar-refractivity contribution in [2.24, 2.45) is 11.8 Å². The number of ketones is 1. The molecule has 0 saturated carbocycles. The molecule has 0 fully saturated rings. The number of para-hydroxylation sites is 1. The normalized spacial score (nSPS) is 22.5. The molecular weight excluding hydrogens is 582 g/mol. The van der Waals surface area contributed by atoms with Gasteiger partial charge in [-0.3, -0.25) is 9.59 Å². The van der Waals surface area contributed by atoms with Crippen LogP contribution in [-0.2, 0) is 21.4 Å². The number of ether oxygens (including phenoxy) is 2. The molecule has 9 nitrogen and oxygen atoms in total. The molecule has 4 heterocycles. The smallest absolute Gasteiger partial charge is 0.360 e. The third-order valence-corrected chi connectivity index (χ3v) is 9.89. The van der Waals surface area contributed by atoms with Crippen LogP contribution in [0.5, 0.6) is 5.75 Å². The highest BCUT2D eigenvalue weighted by molar-refractivity contribution is 5.99. The number of hydrogen-bond donors (Lipinski definition) is 2. The Hall–Kier alpha value is -4.92. The molecule has 3 aliphatic rings. The first kappa shape index (κ1) is 29.8. The number of benzene rings is 3.